The lowest BCUT2D eigenvalue weighted by Gasteiger charge is -2.22. The maximum atomic E-state index is 13.6. The molecule has 1 aromatic rings. The molecule has 7 heteroatoms. The van der Waals surface area contributed by atoms with Crippen LogP contribution in [0.15, 0.2) is 18.2 Å². The average Bonchev–Trinajstić information content (AvgIpc) is 2.41. The SMILES string of the molecule is COc1ccc(F)c(OS(=O)(=O)CC2CCNCC2)c1. The molecular formula is C13H18FNO4S. The fraction of sp³-hybridized carbons (Fsp3) is 0.538. The van der Waals surface area contributed by atoms with Crippen molar-refractivity contribution >= 4 is 10.1 Å². The molecule has 0 amide bonds. The van der Waals surface area contributed by atoms with Gasteiger partial charge in [-0.15, -0.1) is 0 Å². The van der Waals surface area contributed by atoms with Crippen LogP contribution in [0.2, 0.25) is 0 Å². The van der Waals surface area contributed by atoms with E-state index in [4.69, 9.17) is 8.92 Å². The molecule has 5 nitrogen and oxygen atoms in total. The van der Waals surface area contributed by atoms with E-state index in [9.17, 15) is 12.8 Å². The predicted molar refractivity (Wildman–Crippen MR) is 73.0 cm³/mol. The summed E-state index contributed by atoms with van der Waals surface area (Å²) in [6.07, 6.45) is 1.56. The molecule has 1 fully saturated rings. The van der Waals surface area contributed by atoms with Gasteiger partial charge in [0.15, 0.2) is 11.6 Å². The highest BCUT2D eigenvalue weighted by molar-refractivity contribution is 7.87. The van der Waals surface area contributed by atoms with Crippen molar-refractivity contribution in [3.8, 4) is 11.5 Å². The molecule has 20 heavy (non-hydrogen) atoms. The molecule has 0 spiro atoms. The molecular weight excluding hydrogens is 285 g/mol. The van der Waals surface area contributed by atoms with Crippen molar-refractivity contribution in [2.24, 2.45) is 5.92 Å². The van der Waals surface area contributed by atoms with Crippen LogP contribution in [0.25, 0.3) is 0 Å². The van der Waals surface area contributed by atoms with E-state index in [1.54, 1.807) is 0 Å². The second kappa shape index (κ2) is 6.41. The minimum absolute atomic E-state index is 0.0509. The van der Waals surface area contributed by atoms with E-state index >= 15 is 0 Å². The molecule has 0 unspecified atom stereocenters. The third-order valence-electron chi connectivity index (χ3n) is 3.25. The number of methoxy groups -OCH3 is 1. The normalized spacial score (nSPS) is 16.9. The van der Waals surface area contributed by atoms with Crippen molar-refractivity contribution < 1.29 is 21.7 Å². The number of ether oxygens (including phenoxy) is 1. The quantitative estimate of drug-likeness (QED) is 0.836. The molecule has 0 aliphatic carbocycles. The van der Waals surface area contributed by atoms with Gasteiger partial charge >= 0.3 is 10.1 Å². The fourth-order valence-electron chi connectivity index (χ4n) is 2.18. The third kappa shape index (κ3) is 4.08. The van der Waals surface area contributed by atoms with Crippen molar-refractivity contribution in [2.75, 3.05) is 26.0 Å². The van der Waals surface area contributed by atoms with Gasteiger partial charge in [0, 0.05) is 6.07 Å². The van der Waals surface area contributed by atoms with Gasteiger partial charge in [0.1, 0.15) is 5.75 Å². The van der Waals surface area contributed by atoms with E-state index in [1.165, 1.54) is 19.2 Å². The molecule has 1 N–H and O–H groups in total. The standard InChI is InChI=1S/C13H18FNO4S/c1-18-11-2-3-12(14)13(8-11)19-20(16,17)9-10-4-6-15-7-5-10/h2-3,8,10,15H,4-7,9H2,1H3. The fourth-order valence-corrected chi connectivity index (χ4v) is 3.56. The van der Waals surface area contributed by atoms with Crippen LogP contribution >= 0.6 is 0 Å². The first-order chi connectivity index (χ1) is 9.50. The zero-order valence-corrected chi connectivity index (χ0v) is 12.1. The van der Waals surface area contributed by atoms with Crippen LogP contribution in [-0.4, -0.2) is 34.4 Å². The summed E-state index contributed by atoms with van der Waals surface area (Å²) >= 11 is 0. The van der Waals surface area contributed by atoms with Crippen LogP contribution in [0.1, 0.15) is 12.8 Å². The van der Waals surface area contributed by atoms with Gasteiger partial charge in [-0.05, 0) is 44.0 Å². The van der Waals surface area contributed by atoms with E-state index in [1.807, 2.05) is 0 Å². The van der Waals surface area contributed by atoms with E-state index < -0.39 is 15.9 Å². The first-order valence-corrected chi connectivity index (χ1v) is 8.04. The van der Waals surface area contributed by atoms with Crippen LogP contribution < -0.4 is 14.2 Å². The minimum atomic E-state index is -3.81. The third-order valence-corrected chi connectivity index (χ3v) is 4.57. The molecule has 0 aromatic heterocycles. The molecule has 1 saturated heterocycles. The van der Waals surface area contributed by atoms with Crippen LogP contribution in [0.4, 0.5) is 4.39 Å². The number of benzene rings is 1. The molecule has 2 rings (SSSR count). The Morgan fingerprint density at radius 3 is 2.70 bits per heavy atom. The van der Waals surface area contributed by atoms with Gasteiger partial charge in [-0.1, -0.05) is 0 Å². The summed E-state index contributed by atoms with van der Waals surface area (Å²) in [5, 5.41) is 3.16. The summed E-state index contributed by atoms with van der Waals surface area (Å²) in [6, 6.07) is 3.76. The van der Waals surface area contributed by atoms with Crippen LogP contribution in [-0.2, 0) is 10.1 Å². The number of halogens is 1. The van der Waals surface area contributed by atoms with E-state index in [2.05, 4.69) is 5.32 Å². The van der Waals surface area contributed by atoms with Crippen LogP contribution in [0.3, 0.4) is 0 Å². The van der Waals surface area contributed by atoms with Crippen molar-refractivity contribution in [3.63, 3.8) is 0 Å². The first-order valence-electron chi connectivity index (χ1n) is 6.46. The minimum Gasteiger partial charge on any atom is -0.497 e. The van der Waals surface area contributed by atoms with E-state index in [-0.39, 0.29) is 17.4 Å². The summed E-state index contributed by atoms with van der Waals surface area (Å²) in [7, 11) is -2.39. The Kier molecular flexibility index (Phi) is 4.82. The maximum Gasteiger partial charge on any atom is 0.309 e. The molecule has 1 heterocycles. The van der Waals surface area contributed by atoms with Crippen molar-refractivity contribution in [2.45, 2.75) is 12.8 Å². The Morgan fingerprint density at radius 1 is 1.35 bits per heavy atom. The van der Waals surface area contributed by atoms with Crippen molar-refractivity contribution in [1.29, 1.82) is 0 Å². The van der Waals surface area contributed by atoms with Crippen LogP contribution in [0, 0.1) is 11.7 Å². The number of nitrogens with one attached hydrogen (secondary N) is 1. The molecule has 0 atom stereocenters. The predicted octanol–water partition coefficient (Wildman–Crippen LogP) is 1.54. The molecule has 0 saturated carbocycles. The Balaban J connectivity index is 2.07. The summed E-state index contributed by atoms with van der Waals surface area (Å²) < 4.78 is 47.3. The maximum absolute atomic E-state index is 13.6. The second-order valence-corrected chi connectivity index (χ2v) is 6.41. The Labute approximate surface area is 118 Å². The first kappa shape index (κ1) is 15.1. The highest BCUT2D eigenvalue weighted by Gasteiger charge is 2.24. The van der Waals surface area contributed by atoms with Gasteiger partial charge in [0.2, 0.25) is 0 Å². The topological polar surface area (TPSA) is 64.6 Å². The Bertz CT molecular complexity index is 555. The molecule has 1 aliphatic rings. The van der Waals surface area contributed by atoms with E-state index in [0.717, 1.165) is 32.0 Å². The van der Waals surface area contributed by atoms with Gasteiger partial charge in [-0.25, -0.2) is 4.39 Å². The number of piperidine rings is 1. The summed E-state index contributed by atoms with van der Waals surface area (Å²) in [5.41, 5.74) is 0. The van der Waals surface area contributed by atoms with Crippen LogP contribution in [0.5, 0.6) is 11.5 Å². The van der Waals surface area contributed by atoms with Gasteiger partial charge in [0.05, 0.1) is 12.9 Å². The van der Waals surface area contributed by atoms with Crippen molar-refractivity contribution in [1.82, 2.24) is 5.32 Å². The Hall–Kier alpha value is -1.34. The van der Waals surface area contributed by atoms with Gasteiger partial charge in [0.25, 0.3) is 0 Å². The average molecular weight is 303 g/mol. The largest absolute Gasteiger partial charge is 0.497 e. The van der Waals surface area contributed by atoms with Gasteiger partial charge in [-0.2, -0.15) is 8.42 Å². The Morgan fingerprint density at radius 2 is 2.05 bits per heavy atom. The molecule has 0 bridgehead atoms. The molecule has 1 aliphatic heterocycles. The lowest BCUT2D eigenvalue weighted by atomic mass is 10.0. The number of rotatable bonds is 5. The monoisotopic (exact) mass is 303 g/mol. The zero-order valence-electron chi connectivity index (χ0n) is 11.3. The molecule has 0 radical (unpaired) electrons. The van der Waals surface area contributed by atoms with Gasteiger partial charge < -0.3 is 14.2 Å². The lowest BCUT2D eigenvalue weighted by Crippen LogP contribution is -2.32. The molecule has 1 aromatic carbocycles. The number of hydrogen-bond acceptors (Lipinski definition) is 5. The highest BCUT2D eigenvalue weighted by atomic mass is 32.2. The molecule has 112 valence electrons. The van der Waals surface area contributed by atoms with Crippen molar-refractivity contribution in [3.05, 3.63) is 24.0 Å². The summed E-state index contributed by atoms with van der Waals surface area (Å²) in [5.74, 6) is -0.739. The lowest BCUT2D eigenvalue weighted by molar-refractivity contribution is 0.384. The zero-order chi connectivity index (χ0) is 14.6. The van der Waals surface area contributed by atoms with E-state index in [0.29, 0.717) is 5.75 Å². The second-order valence-electron chi connectivity index (χ2n) is 4.80. The number of hydrogen-bond donors (Lipinski definition) is 1. The highest BCUT2D eigenvalue weighted by Crippen LogP contribution is 2.25. The van der Waals surface area contributed by atoms with Gasteiger partial charge in [-0.3, -0.25) is 0 Å². The summed E-state index contributed by atoms with van der Waals surface area (Å²) in [4.78, 5) is 0. The summed E-state index contributed by atoms with van der Waals surface area (Å²) in [6.45, 7) is 1.60. The smallest absolute Gasteiger partial charge is 0.309 e.